The van der Waals surface area contributed by atoms with Gasteiger partial charge in [-0.05, 0) is 56.3 Å². The number of Topliss-reactive ketones (excluding diaryl/α,β-unsaturated/α-hetero) is 1. The first kappa shape index (κ1) is 23.4. The van der Waals surface area contributed by atoms with E-state index >= 15 is 0 Å². The second-order valence-electron chi connectivity index (χ2n) is 9.16. The molecular formula is C24H35N3O4. The highest BCUT2D eigenvalue weighted by Gasteiger charge is 2.39. The summed E-state index contributed by atoms with van der Waals surface area (Å²) in [6.07, 6.45) is 2.46. The van der Waals surface area contributed by atoms with Gasteiger partial charge in [0, 0.05) is 12.1 Å². The van der Waals surface area contributed by atoms with Crippen molar-refractivity contribution in [3.8, 4) is 0 Å². The molecule has 3 rings (SSSR count). The van der Waals surface area contributed by atoms with Gasteiger partial charge in [0.1, 0.15) is 18.7 Å². The van der Waals surface area contributed by atoms with Crippen molar-refractivity contribution in [3.05, 3.63) is 35.9 Å². The van der Waals surface area contributed by atoms with Crippen molar-refractivity contribution in [2.45, 2.75) is 58.2 Å². The summed E-state index contributed by atoms with van der Waals surface area (Å²) in [5.41, 5.74) is 0.504. The monoisotopic (exact) mass is 429 g/mol. The minimum absolute atomic E-state index is 0.0207. The maximum Gasteiger partial charge on any atom is 0.251 e. The number of hydrogen-bond donors (Lipinski definition) is 2. The number of carbonyl (C=O) groups is 3. The molecule has 2 amide bonds. The van der Waals surface area contributed by atoms with Gasteiger partial charge in [-0.15, -0.1) is 0 Å². The first-order valence-electron chi connectivity index (χ1n) is 11.4. The molecule has 0 saturated carbocycles. The Labute approximate surface area is 184 Å². The number of likely N-dealkylation sites (tertiary alicyclic amines) is 1. The molecule has 2 saturated heterocycles. The van der Waals surface area contributed by atoms with Crippen molar-refractivity contribution < 1.29 is 19.1 Å². The Morgan fingerprint density at radius 2 is 1.81 bits per heavy atom. The van der Waals surface area contributed by atoms with Crippen LogP contribution in [0.25, 0.3) is 0 Å². The van der Waals surface area contributed by atoms with Crippen LogP contribution in [0.2, 0.25) is 0 Å². The van der Waals surface area contributed by atoms with Crippen LogP contribution in [0.1, 0.15) is 50.4 Å². The van der Waals surface area contributed by atoms with Gasteiger partial charge in [0.2, 0.25) is 5.91 Å². The predicted molar refractivity (Wildman–Crippen MR) is 119 cm³/mol. The van der Waals surface area contributed by atoms with E-state index in [0.29, 0.717) is 24.4 Å². The zero-order valence-electron chi connectivity index (χ0n) is 18.8. The van der Waals surface area contributed by atoms with E-state index in [4.69, 9.17) is 4.74 Å². The molecule has 2 fully saturated rings. The van der Waals surface area contributed by atoms with Crippen LogP contribution in [-0.2, 0) is 14.3 Å². The maximum atomic E-state index is 13.2. The smallest absolute Gasteiger partial charge is 0.251 e. The fourth-order valence-corrected chi connectivity index (χ4v) is 4.09. The predicted octanol–water partition coefficient (Wildman–Crippen LogP) is 2.02. The number of benzene rings is 1. The Balaban J connectivity index is 1.68. The molecule has 2 aliphatic rings. The van der Waals surface area contributed by atoms with Crippen molar-refractivity contribution in [1.29, 1.82) is 0 Å². The van der Waals surface area contributed by atoms with E-state index in [9.17, 15) is 14.4 Å². The van der Waals surface area contributed by atoms with Crippen LogP contribution in [-0.4, -0.2) is 66.9 Å². The summed E-state index contributed by atoms with van der Waals surface area (Å²) in [6, 6.07) is 7.47. The lowest BCUT2D eigenvalue weighted by Crippen LogP contribution is -2.55. The highest BCUT2D eigenvalue weighted by molar-refractivity contribution is 5.99. The molecule has 1 aromatic rings. The molecule has 7 nitrogen and oxygen atoms in total. The molecule has 2 heterocycles. The summed E-state index contributed by atoms with van der Waals surface area (Å²) < 4.78 is 5.70. The number of nitrogens with zero attached hydrogens (tertiary/aromatic N) is 1. The second kappa shape index (κ2) is 10.9. The Hall–Kier alpha value is -2.25. The zero-order chi connectivity index (χ0) is 22.4. The molecule has 3 unspecified atom stereocenters. The Morgan fingerprint density at radius 3 is 2.45 bits per heavy atom. The van der Waals surface area contributed by atoms with Gasteiger partial charge in [-0.25, -0.2) is 0 Å². The number of nitrogens with one attached hydrogen (secondary N) is 2. The summed E-state index contributed by atoms with van der Waals surface area (Å²) in [5.74, 6) is -0.139. The number of hydrogen-bond acceptors (Lipinski definition) is 5. The Morgan fingerprint density at radius 1 is 1.13 bits per heavy atom. The average molecular weight is 430 g/mol. The number of amides is 2. The molecule has 1 aromatic carbocycles. The fraction of sp³-hybridized carbons (Fsp3) is 0.625. The van der Waals surface area contributed by atoms with Crippen molar-refractivity contribution in [3.63, 3.8) is 0 Å². The summed E-state index contributed by atoms with van der Waals surface area (Å²) in [5, 5.41) is 5.78. The molecule has 0 bridgehead atoms. The standard InChI is InChI=1S/C24H35N3O4/c1-16(2)17(3)13-19(25-23(29)18-9-5-4-6-10-18)24(30)26-22-20(28)15-31-21(22)14-27-11-7-8-12-27/h4-6,9-10,16-17,19,21-22H,7-8,11-15H2,1-3H3,(H,25,29)(H,26,30)/t17?,19?,21-,22?/m0/s1. The van der Waals surface area contributed by atoms with Crippen LogP contribution in [0, 0.1) is 11.8 Å². The molecule has 2 N–H and O–H groups in total. The second-order valence-corrected chi connectivity index (χ2v) is 9.16. The van der Waals surface area contributed by atoms with Crippen LogP contribution in [0.15, 0.2) is 30.3 Å². The lowest BCUT2D eigenvalue weighted by molar-refractivity contribution is -0.128. The minimum Gasteiger partial charge on any atom is -0.366 e. The normalized spacial score (nSPS) is 23.7. The summed E-state index contributed by atoms with van der Waals surface area (Å²) in [6.45, 7) is 8.91. The van der Waals surface area contributed by atoms with Gasteiger partial charge < -0.3 is 20.3 Å². The van der Waals surface area contributed by atoms with E-state index in [1.807, 2.05) is 6.07 Å². The van der Waals surface area contributed by atoms with Crippen molar-refractivity contribution in [2.24, 2.45) is 11.8 Å². The van der Waals surface area contributed by atoms with E-state index in [2.05, 4.69) is 36.3 Å². The minimum atomic E-state index is -0.717. The molecular weight excluding hydrogens is 394 g/mol. The van der Waals surface area contributed by atoms with Gasteiger partial charge in [-0.3, -0.25) is 14.4 Å². The molecule has 2 aliphatic heterocycles. The van der Waals surface area contributed by atoms with Crippen LogP contribution in [0.3, 0.4) is 0 Å². The lowest BCUT2D eigenvalue weighted by atomic mass is 9.90. The molecule has 31 heavy (non-hydrogen) atoms. The number of ether oxygens (including phenoxy) is 1. The van der Waals surface area contributed by atoms with Crippen LogP contribution in [0.4, 0.5) is 0 Å². The lowest BCUT2D eigenvalue weighted by Gasteiger charge is -2.27. The first-order valence-corrected chi connectivity index (χ1v) is 11.4. The van der Waals surface area contributed by atoms with Crippen molar-refractivity contribution >= 4 is 17.6 Å². The number of ketones is 1. The van der Waals surface area contributed by atoms with Crippen LogP contribution in [0.5, 0.6) is 0 Å². The first-order chi connectivity index (χ1) is 14.8. The molecule has 0 aliphatic carbocycles. The Kier molecular flexibility index (Phi) is 8.21. The van der Waals surface area contributed by atoms with Gasteiger partial charge >= 0.3 is 0 Å². The molecule has 0 spiro atoms. The molecule has 170 valence electrons. The topological polar surface area (TPSA) is 87.7 Å². The fourth-order valence-electron chi connectivity index (χ4n) is 4.09. The number of rotatable bonds is 9. The van der Waals surface area contributed by atoms with E-state index in [1.165, 1.54) is 0 Å². The van der Waals surface area contributed by atoms with Gasteiger partial charge in [0.05, 0.1) is 6.10 Å². The van der Waals surface area contributed by atoms with Crippen molar-refractivity contribution in [1.82, 2.24) is 15.5 Å². The third-order valence-corrected chi connectivity index (χ3v) is 6.50. The van der Waals surface area contributed by atoms with Gasteiger partial charge in [0.15, 0.2) is 5.78 Å². The van der Waals surface area contributed by atoms with E-state index < -0.39 is 12.1 Å². The highest BCUT2D eigenvalue weighted by Crippen LogP contribution is 2.19. The highest BCUT2D eigenvalue weighted by atomic mass is 16.5. The van der Waals surface area contributed by atoms with Crippen LogP contribution < -0.4 is 10.6 Å². The average Bonchev–Trinajstić information content (AvgIpc) is 3.39. The third kappa shape index (κ3) is 6.37. The third-order valence-electron chi connectivity index (χ3n) is 6.50. The molecule has 4 atom stereocenters. The van der Waals surface area contributed by atoms with Gasteiger partial charge in [-0.2, -0.15) is 0 Å². The molecule has 0 radical (unpaired) electrons. The summed E-state index contributed by atoms with van der Waals surface area (Å²) in [4.78, 5) is 40.6. The van der Waals surface area contributed by atoms with Crippen LogP contribution >= 0.6 is 0 Å². The van der Waals surface area contributed by atoms with Gasteiger partial charge in [0.25, 0.3) is 5.91 Å². The number of carbonyl (C=O) groups excluding carboxylic acids is 3. The van der Waals surface area contributed by atoms with E-state index in [1.54, 1.807) is 24.3 Å². The summed E-state index contributed by atoms with van der Waals surface area (Å²) in [7, 11) is 0. The Bertz CT molecular complexity index is 761. The van der Waals surface area contributed by atoms with E-state index in [-0.39, 0.29) is 36.2 Å². The largest absolute Gasteiger partial charge is 0.366 e. The van der Waals surface area contributed by atoms with Gasteiger partial charge in [-0.1, -0.05) is 39.0 Å². The summed E-state index contributed by atoms with van der Waals surface area (Å²) >= 11 is 0. The maximum absolute atomic E-state index is 13.2. The molecule has 0 aromatic heterocycles. The quantitative estimate of drug-likeness (QED) is 0.627. The zero-order valence-corrected chi connectivity index (χ0v) is 18.8. The van der Waals surface area contributed by atoms with E-state index in [0.717, 1.165) is 25.9 Å². The molecule has 7 heteroatoms. The van der Waals surface area contributed by atoms with Crippen molar-refractivity contribution in [2.75, 3.05) is 26.2 Å². The SMILES string of the molecule is CC(C)C(C)CC(NC(=O)c1ccccc1)C(=O)NC1C(=O)CO[C@H]1CN1CCCC1.